The topological polar surface area (TPSA) is 150 Å². The van der Waals surface area contributed by atoms with Crippen LogP contribution in [0.1, 0.15) is 75.6 Å². The molecule has 4 amide bonds. The Balaban J connectivity index is 0.788. The van der Waals surface area contributed by atoms with E-state index in [1.807, 2.05) is 48.5 Å². The van der Waals surface area contributed by atoms with Gasteiger partial charge in [0, 0.05) is 43.0 Å². The lowest BCUT2D eigenvalue weighted by Gasteiger charge is -2.32. The molecule has 12 nitrogen and oxygen atoms in total. The Labute approximate surface area is 376 Å². The fourth-order valence-electron chi connectivity index (χ4n) is 8.09. The van der Waals surface area contributed by atoms with Crippen LogP contribution in [0.25, 0.3) is 16.9 Å². The molecular formula is C49H48Cl2N8O4. The smallest absolute Gasteiger partial charge is 0.271 e. The van der Waals surface area contributed by atoms with Crippen LogP contribution in [-0.2, 0) is 22.4 Å². The number of carbonyl (C=O) groups excluding carboxylic acids is 4. The van der Waals surface area contributed by atoms with Crippen molar-refractivity contribution in [1.82, 2.24) is 30.3 Å². The highest BCUT2D eigenvalue weighted by Crippen LogP contribution is 2.33. The molecule has 322 valence electrons. The van der Waals surface area contributed by atoms with Gasteiger partial charge in [0.05, 0.1) is 27.0 Å². The summed E-state index contributed by atoms with van der Waals surface area (Å²) in [5.41, 5.74) is 6.91. The Kier molecular flexibility index (Phi) is 13.9. The number of pyridine rings is 1. The standard InChI is InChI=1S/C49H48Cl2N8O4/c50-40-30-41(51)39(29-38(40)42-10-4-5-24-52-42)47(61)55-45-31-44(57-59(45)37-8-2-1-3-9-37)48(62)53-25-6-7-32-11-13-33(14-12-32)21-26-58-27-22-35(23-28-58)34-15-17-36(18-16-34)54-43-19-20-46(60)56-49(43)63/h1-5,8-18,24,29-31,35,43,54H,6-7,19-23,25-28H2,(H,53,62)(H,55,61)(H,56,60,63). The first-order valence-corrected chi connectivity index (χ1v) is 22.1. The van der Waals surface area contributed by atoms with Crippen LogP contribution in [0.15, 0.2) is 121 Å². The number of imide groups is 1. The zero-order valence-electron chi connectivity index (χ0n) is 34.7. The van der Waals surface area contributed by atoms with E-state index in [0.717, 1.165) is 57.4 Å². The molecule has 1 unspecified atom stereocenters. The molecule has 6 aromatic rings. The highest BCUT2D eigenvalue weighted by Gasteiger charge is 2.27. The summed E-state index contributed by atoms with van der Waals surface area (Å²) in [5.74, 6) is -0.494. The molecule has 0 aliphatic carbocycles. The van der Waals surface area contributed by atoms with E-state index in [9.17, 15) is 19.2 Å². The van der Waals surface area contributed by atoms with Crippen molar-refractivity contribution in [2.45, 2.75) is 56.9 Å². The first-order valence-electron chi connectivity index (χ1n) is 21.3. The number of likely N-dealkylation sites (tertiary alicyclic amines) is 1. The molecule has 0 bridgehead atoms. The molecule has 2 fully saturated rings. The molecular weight excluding hydrogens is 835 g/mol. The van der Waals surface area contributed by atoms with Crippen molar-refractivity contribution >= 4 is 58.3 Å². The number of para-hydroxylation sites is 1. The number of hydrogen-bond donors (Lipinski definition) is 4. The molecule has 14 heteroatoms. The van der Waals surface area contributed by atoms with Crippen LogP contribution < -0.4 is 21.3 Å². The third kappa shape index (κ3) is 11.0. The summed E-state index contributed by atoms with van der Waals surface area (Å²) in [6.07, 6.45) is 7.27. The molecule has 0 saturated carbocycles. The largest absolute Gasteiger partial charge is 0.374 e. The zero-order chi connectivity index (χ0) is 43.7. The van der Waals surface area contributed by atoms with Crippen LogP contribution in [0.3, 0.4) is 0 Å². The number of aryl methyl sites for hydroxylation is 1. The highest BCUT2D eigenvalue weighted by molar-refractivity contribution is 6.38. The number of carbonyl (C=O) groups is 4. The Morgan fingerprint density at radius 2 is 1.51 bits per heavy atom. The van der Waals surface area contributed by atoms with Gasteiger partial charge in [0.2, 0.25) is 11.8 Å². The molecule has 0 spiro atoms. The minimum Gasteiger partial charge on any atom is -0.374 e. The molecule has 0 radical (unpaired) electrons. The molecule has 2 saturated heterocycles. The van der Waals surface area contributed by atoms with Gasteiger partial charge in [0.25, 0.3) is 11.8 Å². The van der Waals surface area contributed by atoms with Gasteiger partial charge in [0.15, 0.2) is 5.69 Å². The Bertz CT molecular complexity index is 2560. The third-order valence-electron chi connectivity index (χ3n) is 11.6. The molecule has 4 N–H and O–H groups in total. The number of hydrogen-bond acceptors (Lipinski definition) is 8. The van der Waals surface area contributed by atoms with E-state index in [-0.39, 0.29) is 40.0 Å². The number of piperidine rings is 2. The molecule has 2 aromatic heterocycles. The van der Waals surface area contributed by atoms with E-state index in [2.05, 4.69) is 72.6 Å². The summed E-state index contributed by atoms with van der Waals surface area (Å²) in [7, 11) is 0. The van der Waals surface area contributed by atoms with Crippen molar-refractivity contribution in [3.05, 3.63) is 159 Å². The minimum absolute atomic E-state index is 0.161. The van der Waals surface area contributed by atoms with Gasteiger partial charge in [-0.3, -0.25) is 29.5 Å². The normalized spacial score (nSPS) is 15.7. The summed E-state index contributed by atoms with van der Waals surface area (Å²) in [4.78, 5) is 57.5. The van der Waals surface area contributed by atoms with Crippen LogP contribution in [0.5, 0.6) is 0 Å². The molecule has 4 aromatic carbocycles. The molecule has 63 heavy (non-hydrogen) atoms. The van der Waals surface area contributed by atoms with Gasteiger partial charge in [-0.15, -0.1) is 0 Å². The van der Waals surface area contributed by atoms with Crippen molar-refractivity contribution in [3.8, 4) is 16.9 Å². The predicted molar refractivity (Wildman–Crippen MR) is 247 cm³/mol. The third-order valence-corrected chi connectivity index (χ3v) is 12.3. The number of nitrogens with zero attached hydrogens (tertiary/aromatic N) is 4. The maximum absolute atomic E-state index is 13.7. The van der Waals surface area contributed by atoms with Crippen LogP contribution in [0, 0.1) is 0 Å². The first-order chi connectivity index (χ1) is 30.7. The maximum Gasteiger partial charge on any atom is 0.271 e. The van der Waals surface area contributed by atoms with E-state index in [0.29, 0.717) is 53.1 Å². The fourth-order valence-corrected chi connectivity index (χ4v) is 8.66. The van der Waals surface area contributed by atoms with E-state index in [1.54, 1.807) is 30.5 Å². The van der Waals surface area contributed by atoms with Gasteiger partial charge in [-0.2, -0.15) is 5.10 Å². The average Bonchev–Trinajstić information content (AvgIpc) is 3.73. The van der Waals surface area contributed by atoms with Crippen molar-refractivity contribution < 1.29 is 19.2 Å². The second-order valence-electron chi connectivity index (χ2n) is 16.0. The zero-order valence-corrected chi connectivity index (χ0v) is 36.2. The van der Waals surface area contributed by atoms with Gasteiger partial charge in [0.1, 0.15) is 11.9 Å². The average molecular weight is 884 g/mol. The van der Waals surface area contributed by atoms with Crippen LogP contribution in [0.2, 0.25) is 10.0 Å². The van der Waals surface area contributed by atoms with E-state index in [1.165, 1.54) is 27.4 Å². The van der Waals surface area contributed by atoms with Gasteiger partial charge in [-0.25, -0.2) is 4.68 Å². The first kappa shape index (κ1) is 43.3. The number of halogens is 2. The lowest BCUT2D eigenvalue weighted by atomic mass is 9.89. The maximum atomic E-state index is 13.7. The Hall–Kier alpha value is -6.34. The lowest BCUT2D eigenvalue weighted by molar-refractivity contribution is -0.133. The fraction of sp³-hybridized carbons (Fsp3) is 0.265. The molecule has 2 aliphatic heterocycles. The van der Waals surface area contributed by atoms with Crippen molar-refractivity contribution in [1.29, 1.82) is 0 Å². The number of nitrogens with one attached hydrogen (secondary N) is 4. The van der Waals surface area contributed by atoms with Gasteiger partial charge < -0.3 is 20.9 Å². The quantitative estimate of drug-likeness (QED) is 0.0593. The van der Waals surface area contributed by atoms with Crippen LogP contribution in [-0.4, -0.2) is 75.5 Å². The number of anilines is 2. The summed E-state index contributed by atoms with van der Waals surface area (Å²) in [6, 6.07) is 36.1. The number of aromatic nitrogens is 3. The minimum atomic E-state index is -0.493. The summed E-state index contributed by atoms with van der Waals surface area (Å²) < 4.78 is 1.52. The summed E-state index contributed by atoms with van der Waals surface area (Å²) in [5, 5.41) is 16.7. The van der Waals surface area contributed by atoms with E-state index >= 15 is 0 Å². The van der Waals surface area contributed by atoms with Crippen molar-refractivity contribution in [3.63, 3.8) is 0 Å². The van der Waals surface area contributed by atoms with Gasteiger partial charge >= 0.3 is 0 Å². The highest BCUT2D eigenvalue weighted by atomic mass is 35.5. The molecule has 8 rings (SSSR count). The lowest BCUT2D eigenvalue weighted by Crippen LogP contribution is -2.47. The molecule has 2 aliphatic rings. The number of amides is 4. The summed E-state index contributed by atoms with van der Waals surface area (Å²) in [6.45, 7) is 3.58. The predicted octanol–water partition coefficient (Wildman–Crippen LogP) is 8.50. The Morgan fingerprint density at radius 1 is 0.778 bits per heavy atom. The molecule has 4 heterocycles. The van der Waals surface area contributed by atoms with E-state index < -0.39 is 5.91 Å². The second-order valence-corrected chi connectivity index (χ2v) is 16.8. The second kappa shape index (κ2) is 20.2. The molecule has 1 atom stereocenters. The monoisotopic (exact) mass is 882 g/mol. The van der Waals surface area contributed by atoms with Crippen LogP contribution in [0.4, 0.5) is 11.5 Å². The number of rotatable bonds is 15. The number of benzene rings is 4. The van der Waals surface area contributed by atoms with Crippen molar-refractivity contribution in [2.75, 3.05) is 36.8 Å². The summed E-state index contributed by atoms with van der Waals surface area (Å²) >= 11 is 13.0. The van der Waals surface area contributed by atoms with Crippen LogP contribution >= 0.6 is 23.2 Å². The Morgan fingerprint density at radius 3 is 2.22 bits per heavy atom. The van der Waals surface area contributed by atoms with Gasteiger partial charge in [-0.1, -0.05) is 83.9 Å². The SMILES string of the molecule is O=C1CCC(Nc2ccc(C3CCN(CCc4ccc(CCCNC(=O)c5cc(NC(=O)c6cc(-c7ccccn7)c(Cl)cc6Cl)n(-c6ccccc6)n5)cc4)CC3)cc2)C(=O)N1. The van der Waals surface area contributed by atoms with Gasteiger partial charge in [-0.05, 0) is 123 Å². The van der Waals surface area contributed by atoms with E-state index in [4.69, 9.17) is 23.2 Å². The van der Waals surface area contributed by atoms with Crippen molar-refractivity contribution in [2.24, 2.45) is 0 Å².